The highest BCUT2D eigenvalue weighted by atomic mass is 32.2. The summed E-state index contributed by atoms with van der Waals surface area (Å²) in [5.74, 6) is 0.989. The molecule has 0 aromatic carbocycles. The zero-order chi connectivity index (χ0) is 18.0. The van der Waals surface area contributed by atoms with Gasteiger partial charge in [-0.2, -0.15) is 33.0 Å². The fourth-order valence-electron chi connectivity index (χ4n) is 0.666. The van der Waals surface area contributed by atoms with Gasteiger partial charge >= 0.3 is 11.4 Å². The van der Waals surface area contributed by atoms with Crippen molar-refractivity contribution in [2.75, 3.05) is 24.0 Å². The summed E-state index contributed by atoms with van der Waals surface area (Å²) in [4.78, 5) is 10.2. The number of carbonyl (C=O) groups excluding carboxylic acids is 1. The van der Waals surface area contributed by atoms with E-state index >= 15 is 0 Å². The van der Waals surface area contributed by atoms with E-state index in [0.29, 0.717) is 12.8 Å². The lowest BCUT2D eigenvalue weighted by atomic mass is 10.3. The van der Waals surface area contributed by atoms with Gasteiger partial charge in [0, 0.05) is 0 Å². The van der Waals surface area contributed by atoms with E-state index in [9.17, 15) is 4.79 Å². The van der Waals surface area contributed by atoms with Crippen LogP contribution in [0, 0.1) is 11.3 Å². The molecule has 3 atom stereocenters. The van der Waals surface area contributed by atoms with Crippen molar-refractivity contribution in [1.82, 2.24) is 0 Å². The second-order valence-electron chi connectivity index (χ2n) is 3.42. The van der Waals surface area contributed by atoms with Gasteiger partial charge in [0.25, 0.3) is 0 Å². The smallest absolute Gasteiger partial charge is 0.330 e. The average Bonchev–Trinajstić information content (AvgIpc) is 2.50. The maximum atomic E-state index is 10.2. The maximum Gasteiger partial charge on any atom is 0.330 e. The van der Waals surface area contributed by atoms with Gasteiger partial charge in [-0.1, -0.05) is 0 Å². The maximum absolute atomic E-state index is 10.2. The van der Waals surface area contributed by atoms with Crippen LogP contribution in [-0.4, -0.2) is 66.4 Å². The van der Waals surface area contributed by atoms with Crippen molar-refractivity contribution in [3.8, 4) is 6.07 Å². The monoisotopic (exact) mass is 378 g/mol. The number of aliphatic hydroxyl groups is 2. The van der Waals surface area contributed by atoms with Gasteiger partial charge in [0.15, 0.2) is 0 Å². The largest absolute Gasteiger partial charge is 0.383 e. The summed E-state index contributed by atoms with van der Waals surface area (Å²) < 4.78 is 19.1. The minimum atomic E-state index is -2.52. The second kappa shape index (κ2) is 20.6. The van der Waals surface area contributed by atoms with Crippen molar-refractivity contribution in [3.05, 3.63) is 0 Å². The predicted octanol–water partition coefficient (Wildman–Crippen LogP) is -0.178. The highest BCUT2D eigenvalue weighted by molar-refractivity contribution is 7.98. The number of aliphatic hydroxyl groups excluding tert-OH is 2. The quantitative estimate of drug-likeness (QED) is 0.165. The SMILES string of the molecule is CSCCC(O)C#N.CSCCC(O)C(N)=O.O=S(O)OO. The molecule has 132 valence electrons. The first-order chi connectivity index (χ1) is 10.3. The topological polar surface area (TPSA) is 174 Å². The summed E-state index contributed by atoms with van der Waals surface area (Å²) in [6, 6.07) is 1.74. The summed E-state index contributed by atoms with van der Waals surface area (Å²) in [6.07, 6.45) is 3.17. The number of thioether (sulfide) groups is 2. The van der Waals surface area contributed by atoms with Gasteiger partial charge in [0.2, 0.25) is 5.91 Å². The van der Waals surface area contributed by atoms with Gasteiger partial charge in [-0.25, -0.2) is 5.26 Å². The van der Waals surface area contributed by atoms with E-state index in [-0.39, 0.29) is 0 Å². The number of primary amides is 1. The van der Waals surface area contributed by atoms with E-state index in [1.807, 2.05) is 12.5 Å². The molecule has 0 radical (unpaired) electrons. The first-order valence-electron chi connectivity index (χ1n) is 5.72. The van der Waals surface area contributed by atoms with Crippen LogP contribution in [0.4, 0.5) is 0 Å². The predicted molar refractivity (Wildman–Crippen MR) is 87.3 cm³/mol. The van der Waals surface area contributed by atoms with Crippen LogP contribution in [0.25, 0.3) is 0 Å². The molecule has 0 heterocycles. The molecule has 22 heavy (non-hydrogen) atoms. The third kappa shape index (κ3) is 27.9. The Kier molecular flexibility index (Phi) is 24.8. The Morgan fingerprint density at radius 3 is 2.00 bits per heavy atom. The van der Waals surface area contributed by atoms with Crippen LogP contribution in [0.2, 0.25) is 0 Å². The van der Waals surface area contributed by atoms with Crippen molar-refractivity contribution in [1.29, 1.82) is 5.26 Å². The molecule has 0 aromatic heterocycles. The molecular weight excluding hydrogens is 356 g/mol. The lowest BCUT2D eigenvalue weighted by Gasteiger charge is -2.02. The fraction of sp³-hybridized carbons (Fsp3) is 0.800. The van der Waals surface area contributed by atoms with E-state index in [1.54, 1.807) is 29.6 Å². The number of nitrogens with zero attached hydrogens (tertiary/aromatic N) is 1. The van der Waals surface area contributed by atoms with Crippen LogP contribution in [0.1, 0.15) is 12.8 Å². The normalized spacial score (nSPS) is 13.3. The van der Waals surface area contributed by atoms with Gasteiger partial charge in [0.1, 0.15) is 12.2 Å². The minimum Gasteiger partial charge on any atom is -0.383 e. The number of nitriles is 1. The third-order valence-corrected chi connectivity index (χ3v) is 3.15. The van der Waals surface area contributed by atoms with Gasteiger partial charge in [-0.05, 0) is 36.9 Å². The summed E-state index contributed by atoms with van der Waals surface area (Å²) in [5.41, 5.74) is 4.78. The summed E-state index contributed by atoms with van der Waals surface area (Å²) >= 11 is 0.697. The number of hydrogen-bond acceptors (Lipinski definition) is 9. The highest BCUT2D eigenvalue weighted by Gasteiger charge is 2.08. The molecule has 0 bridgehead atoms. The number of amides is 1. The lowest BCUT2D eigenvalue weighted by molar-refractivity contribution is -0.131. The minimum absolute atomic E-state index is 0.455. The Balaban J connectivity index is -0.000000257. The molecule has 1 amide bonds. The molecule has 0 saturated carbocycles. The van der Waals surface area contributed by atoms with Crippen LogP contribution in [0.15, 0.2) is 0 Å². The van der Waals surface area contributed by atoms with E-state index < -0.39 is 29.5 Å². The molecule has 0 rings (SSSR count). The van der Waals surface area contributed by atoms with Crippen LogP contribution >= 0.6 is 23.5 Å². The van der Waals surface area contributed by atoms with Crippen LogP contribution in [0.5, 0.6) is 0 Å². The summed E-state index contributed by atoms with van der Waals surface area (Å²) in [6.45, 7) is 0. The molecule has 0 aliphatic heterocycles. The molecule has 12 heteroatoms. The molecule has 9 nitrogen and oxygen atoms in total. The average molecular weight is 378 g/mol. The van der Waals surface area contributed by atoms with Gasteiger partial charge < -0.3 is 15.9 Å². The fourth-order valence-corrected chi connectivity index (χ4v) is 1.58. The van der Waals surface area contributed by atoms with E-state index in [4.69, 9.17) is 35.2 Å². The van der Waals surface area contributed by atoms with Crippen molar-refractivity contribution >= 4 is 40.8 Å². The highest BCUT2D eigenvalue weighted by Crippen LogP contribution is 1.99. The molecule has 3 unspecified atom stereocenters. The van der Waals surface area contributed by atoms with Gasteiger partial charge in [-0.15, -0.1) is 4.33 Å². The van der Waals surface area contributed by atoms with Gasteiger partial charge in [0.05, 0.1) is 6.07 Å². The standard InChI is InChI=1S/C5H11NO2S.C5H9NOS.H2O4S/c1-9-3-2-4(7)5(6)8;1-8-3-2-5(7)4-6;1-4-5(2)3/h4,7H,2-3H2,1H3,(H2,6,8);5,7H,2-3H2,1H3;1H,(H,2,3). The number of rotatable bonds is 8. The molecule has 0 fully saturated rings. The molecule has 0 saturated heterocycles. The van der Waals surface area contributed by atoms with Crippen molar-refractivity contribution < 1.29 is 33.4 Å². The van der Waals surface area contributed by atoms with Crippen LogP contribution < -0.4 is 5.73 Å². The van der Waals surface area contributed by atoms with E-state index in [1.165, 1.54) is 0 Å². The third-order valence-electron chi connectivity index (χ3n) is 1.73. The first kappa shape index (κ1) is 26.5. The number of nitrogens with two attached hydrogens (primary N) is 1. The van der Waals surface area contributed by atoms with E-state index in [0.717, 1.165) is 11.5 Å². The second-order valence-corrected chi connectivity index (χ2v) is 5.97. The van der Waals surface area contributed by atoms with Crippen molar-refractivity contribution in [2.45, 2.75) is 25.0 Å². The molecule has 0 spiro atoms. The molecule has 6 N–H and O–H groups in total. The Morgan fingerprint density at radius 2 is 1.73 bits per heavy atom. The van der Waals surface area contributed by atoms with Crippen molar-refractivity contribution in [2.24, 2.45) is 5.73 Å². The van der Waals surface area contributed by atoms with Gasteiger partial charge in [-0.3, -0.25) is 9.35 Å². The Labute approximate surface area is 140 Å². The lowest BCUT2D eigenvalue weighted by Crippen LogP contribution is -2.28. The Morgan fingerprint density at radius 1 is 1.32 bits per heavy atom. The molecular formula is C10H22N2O7S3. The van der Waals surface area contributed by atoms with Crippen LogP contribution in [0.3, 0.4) is 0 Å². The Bertz CT molecular complexity index is 328. The number of hydrogen-bond donors (Lipinski definition) is 5. The zero-order valence-electron chi connectivity index (χ0n) is 12.2. The molecule has 0 aliphatic carbocycles. The van der Waals surface area contributed by atoms with Crippen LogP contribution in [-0.2, 0) is 20.5 Å². The first-order valence-corrected chi connectivity index (χ1v) is 9.54. The molecule has 0 aromatic rings. The van der Waals surface area contributed by atoms with Crippen molar-refractivity contribution in [3.63, 3.8) is 0 Å². The summed E-state index contributed by atoms with van der Waals surface area (Å²) in [5, 5.41) is 32.5. The van der Waals surface area contributed by atoms with E-state index in [2.05, 4.69) is 4.33 Å². The Hall–Kier alpha value is -0.390. The summed E-state index contributed by atoms with van der Waals surface area (Å²) in [7, 11) is 0. The zero-order valence-corrected chi connectivity index (χ0v) is 14.7. The number of carbonyl (C=O) groups is 1. The molecule has 0 aliphatic rings.